The molecule has 1 saturated heterocycles. The molecule has 0 radical (unpaired) electrons. The first kappa shape index (κ1) is 10.3. The first-order valence-electron chi connectivity index (χ1n) is 5.13. The molecule has 0 aromatic heterocycles. The summed E-state index contributed by atoms with van der Waals surface area (Å²) in [6, 6.07) is 0. The standard InChI is InChI=1S/C12H19N/c1-4-10-13-11-8-7-9-12(13,5-2)6-3/h2,4H,1,6-11H2,3H3. The molecule has 1 heterocycles. The van der Waals surface area contributed by atoms with Gasteiger partial charge < -0.3 is 0 Å². The third-order valence-electron chi connectivity index (χ3n) is 3.08. The predicted molar refractivity (Wildman–Crippen MR) is 57.5 cm³/mol. The first-order chi connectivity index (χ1) is 6.29. The van der Waals surface area contributed by atoms with Gasteiger partial charge in [0.05, 0.1) is 5.54 Å². The van der Waals surface area contributed by atoms with Gasteiger partial charge >= 0.3 is 0 Å². The van der Waals surface area contributed by atoms with E-state index in [2.05, 4.69) is 24.3 Å². The zero-order valence-corrected chi connectivity index (χ0v) is 8.55. The third kappa shape index (κ3) is 1.95. The fraction of sp³-hybridized carbons (Fsp3) is 0.667. The Kier molecular flexibility index (Phi) is 3.57. The summed E-state index contributed by atoms with van der Waals surface area (Å²) in [5.74, 6) is 2.98. The second-order valence-electron chi connectivity index (χ2n) is 3.72. The van der Waals surface area contributed by atoms with Crippen LogP contribution in [0.4, 0.5) is 0 Å². The molecule has 1 aliphatic heterocycles. The Morgan fingerprint density at radius 1 is 1.62 bits per heavy atom. The van der Waals surface area contributed by atoms with Crippen LogP contribution in [0.15, 0.2) is 12.7 Å². The topological polar surface area (TPSA) is 3.24 Å². The molecular formula is C12H19N. The smallest absolute Gasteiger partial charge is 0.0823 e. The highest BCUT2D eigenvalue weighted by atomic mass is 15.2. The second-order valence-corrected chi connectivity index (χ2v) is 3.72. The maximum Gasteiger partial charge on any atom is 0.0823 e. The van der Waals surface area contributed by atoms with Crippen molar-refractivity contribution in [1.29, 1.82) is 0 Å². The van der Waals surface area contributed by atoms with Crippen molar-refractivity contribution in [3.63, 3.8) is 0 Å². The van der Waals surface area contributed by atoms with Crippen LogP contribution in [0.1, 0.15) is 32.6 Å². The lowest BCUT2D eigenvalue weighted by atomic mass is 9.85. The van der Waals surface area contributed by atoms with E-state index in [9.17, 15) is 0 Å². The molecule has 1 fully saturated rings. The molecule has 1 unspecified atom stereocenters. The summed E-state index contributed by atoms with van der Waals surface area (Å²) in [5, 5.41) is 0. The maximum atomic E-state index is 5.64. The maximum absolute atomic E-state index is 5.64. The summed E-state index contributed by atoms with van der Waals surface area (Å²) < 4.78 is 0. The molecule has 0 aromatic rings. The molecule has 0 spiro atoms. The highest BCUT2D eigenvalue weighted by Crippen LogP contribution is 2.30. The van der Waals surface area contributed by atoms with Crippen LogP contribution in [-0.4, -0.2) is 23.5 Å². The SMILES string of the molecule is C#CC1(CC)CCCCN1CC=C. The predicted octanol–water partition coefficient (Wildman–Crippen LogP) is 2.44. The fourth-order valence-electron chi connectivity index (χ4n) is 2.18. The molecule has 0 saturated carbocycles. The molecule has 72 valence electrons. The Hall–Kier alpha value is -0.740. The average molecular weight is 177 g/mol. The van der Waals surface area contributed by atoms with Gasteiger partial charge in [0.15, 0.2) is 0 Å². The summed E-state index contributed by atoms with van der Waals surface area (Å²) in [4.78, 5) is 2.39. The van der Waals surface area contributed by atoms with E-state index in [-0.39, 0.29) is 5.54 Å². The lowest BCUT2D eigenvalue weighted by molar-refractivity contribution is 0.104. The number of terminal acetylenes is 1. The highest BCUT2D eigenvalue weighted by molar-refractivity contribution is 5.15. The number of nitrogens with zero attached hydrogens (tertiary/aromatic N) is 1. The van der Waals surface area contributed by atoms with Crippen molar-refractivity contribution in [3.8, 4) is 12.3 Å². The molecule has 1 heteroatoms. The summed E-state index contributed by atoms with van der Waals surface area (Å²) in [7, 11) is 0. The number of hydrogen-bond acceptors (Lipinski definition) is 1. The van der Waals surface area contributed by atoms with Crippen molar-refractivity contribution in [2.75, 3.05) is 13.1 Å². The zero-order valence-electron chi connectivity index (χ0n) is 8.55. The minimum Gasteiger partial charge on any atom is -0.284 e. The van der Waals surface area contributed by atoms with Gasteiger partial charge in [-0.15, -0.1) is 13.0 Å². The van der Waals surface area contributed by atoms with E-state index in [1.807, 2.05) is 6.08 Å². The quantitative estimate of drug-likeness (QED) is 0.473. The van der Waals surface area contributed by atoms with Gasteiger partial charge in [0.1, 0.15) is 0 Å². The lowest BCUT2D eigenvalue weighted by Crippen LogP contribution is -2.50. The fourth-order valence-corrected chi connectivity index (χ4v) is 2.18. The Bertz CT molecular complexity index is 214. The van der Waals surface area contributed by atoms with Gasteiger partial charge in [-0.25, -0.2) is 0 Å². The number of rotatable bonds is 3. The molecule has 1 atom stereocenters. The van der Waals surface area contributed by atoms with Gasteiger partial charge in [0, 0.05) is 6.54 Å². The molecule has 1 aliphatic rings. The van der Waals surface area contributed by atoms with E-state index in [1.54, 1.807) is 0 Å². The summed E-state index contributed by atoms with van der Waals surface area (Å²) in [6.07, 6.45) is 12.3. The second kappa shape index (κ2) is 4.48. The Morgan fingerprint density at radius 3 is 2.92 bits per heavy atom. The Labute approximate surface area is 81.8 Å². The minimum atomic E-state index is 0.0203. The van der Waals surface area contributed by atoms with Crippen LogP contribution in [0.25, 0.3) is 0 Å². The van der Waals surface area contributed by atoms with Crippen LogP contribution in [0.2, 0.25) is 0 Å². The van der Waals surface area contributed by atoms with Crippen molar-refractivity contribution in [2.24, 2.45) is 0 Å². The van der Waals surface area contributed by atoms with Crippen molar-refractivity contribution in [3.05, 3.63) is 12.7 Å². The summed E-state index contributed by atoms with van der Waals surface area (Å²) >= 11 is 0. The lowest BCUT2D eigenvalue weighted by Gasteiger charge is -2.43. The molecule has 1 rings (SSSR count). The molecule has 0 N–H and O–H groups in total. The summed E-state index contributed by atoms with van der Waals surface area (Å²) in [6.45, 7) is 8.02. The van der Waals surface area contributed by atoms with Crippen molar-refractivity contribution < 1.29 is 0 Å². The van der Waals surface area contributed by atoms with Crippen LogP contribution in [0.3, 0.4) is 0 Å². The van der Waals surface area contributed by atoms with E-state index in [4.69, 9.17) is 6.42 Å². The van der Waals surface area contributed by atoms with E-state index in [1.165, 1.54) is 12.8 Å². The highest BCUT2D eigenvalue weighted by Gasteiger charge is 2.34. The molecule has 0 aromatic carbocycles. The number of piperidine rings is 1. The van der Waals surface area contributed by atoms with Crippen molar-refractivity contribution in [2.45, 2.75) is 38.1 Å². The average Bonchev–Trinajstić information content (AvgIpc) is 2.20. The van der Waals surface area contributed by atoms with Crippen LogP contribution in [0, 0.1) is 12.3 Å². The van der Waals surface area contributed by atoms with Gasteiger partial charge in [0.2, 0.25) is 0 Å². The normalized spacial score (nSPS) is 29.5. The van der Waals surface area contributed by atoms with Crippen LogP contribution in [0.5, 0.6) is 0 Å². The van der Waals surface area contributed by atoms with Crippen LogP contribution >= 0.6 is 0 Å². The molecule has 0 aliphatic carbocycles. The van der Waals surface area contributed by atoms with Gasteiger partial charge in [0.25, 0.3) is 0 Å². The van der Waals surface area contributed by atoms with Crippen LogP contribution < -0.4 is 0 Å². The van der Waals surface area contributed by atoms with Crippen LogP contribution in [-0.2, 0) is 0 Å². The third-order valence-corrected chi connectivity index (χ3v) is 3.08. The van der Waals surface area contributed by atoms with E-state index >= 15 is 0 Å². The monoisotopic (exact) mass is 177 g/mol. The van der Waals surface area contributed by atoms with Gasteiger partial charge in [-0.2, -0.15) is 0 Å². The molecule has 0 bridgehead atoms. The molecular weight excluding hydrogens is 158 g/mol. The number of hydrogen-bond donors (Lipinski definition) is 0. The van der Waals surface area contributed by atoms with Gasteiger partial charge in [-0.3, -0.25) is 4.90 Å². The summed E-state index contributed by atoms with van der Waals surface area (Å²) in [5.41, 5.74) is 0.0203. The molecule has 13 heavy (non-hydrogen) atoms. The van der Waals surface area contributed by atoms with Crippen molar-refractivity contribution in [1.82, 2.24) is 4.90 Å². The Morgan fingerprint density at radius 2 is 2.38 bits per heavy atom. The zero-order chi connectivity index (χ0) is 9.73. The Balaban J connectivity index is 2.76. The van der Waals surface area contributed by atoms with E-state index in [0.717, 1.165) is 25.9 Å². The molecule has 0 amide bonds. The van der Waals surface area contributed by atoms with E-state index < -0.39 is 0 Å². The minimum absolute atomic E-state index is 0.0203. The van der Waals surface area contributed by atoms with Crippen molar-refractivity contribution >= 4 is 0 Å². The van der Waals surface area contributed by atoms with E-state index in [0.29, 0.717) is 0 Å². The van der Waals surface area contributed by atoms with Gasteiger partial charge in [-0.05, 0) is 32.2 Å². The molecule has 1 nitrogen and oxygen atoms in total. The number of likely N-dealkylation sites (tertiary alicyclic amines) is 1. The van der Waals surface area contributed by atoms with Gasteiger partial charge in [-0.1, -0.05) is 18.9 Å². The largest absolute Gasteiger partial charge is 0.284 e. The first-order valence-corrected chi connectivity index (χ1v) is 5.13.